The summed E-state index contributed by atoms with van der Waals surface area (Å²) in [6.45, 7) is 1.22. The van der Waals surface area contributed by atoms with Crippen LogP contribution in [0.1, 0.15) is 29.6 Å². The molecule has 1 aromatic rings. The summed E-state index contributed by atoms with van der Waals surface area (Å²) in [4.78, 5) is 25.6. The number of rotatable bonds is 3. The highest BCUT2D eigenvalue weighted by Gasteiger charge is 2.42. The normalized spacial score (nSPS) is 25.5. The molecule has 3 rings (SSSR count). The zero-order valence-electron chi connectivity index (χ0n) is 10.7. The lowest BCUT2D eigenvalue weighted by molar-refractivity contribution is -0.127. The van der Waals surface area contributed by atoms with E-state index >= 15 is 0 Å². The van der Waals surface area contributed by atoms with Crippen molar-refractivity contribution in [1.29, 1.82) is 0 Å². The number of fused-ring (bicyclic) bond motifs is 1. The molecule has 2 aliphatic heterocycles. The summed E-state index contributed by atoms with van der Waals surface area (Å²) < 4.78 is 5.35. The first kappa shape index (κ1) is 12.2. The zero-order chi connectivity index (χ0) is 13.2. The van der Waals surface area contributed by atoms with Gasteiger partial charge < -0.3 is 9.64 Å². The smallest absolute Gasteiger partial charge is 0.338 e. The van der Waals surface area contributed by atoms with Crippen molar-refractivity contribution in [2.75, 3.05) is 13.2 Å². The summed E-state index contributed by atoms with van der Waals surface area (Å²) >= 11 is 0. The number of carbonyl (C=O) groups excluding carboxylic acids is 2. The molecule has 0 saturated carbocycles. The monoisotopic (exact) mass is 259 g/mol. The number of nitrogens with zero attached hydrogens (tertiary/aromatic N) is 1. The van der Waals surface area contributed by atoms with Gasteiger partial charge in [-0.15, -0.1) is 0 Å². The fourth-order valence-electron chi connectivity index (χ4n) is 3.08. The molecule has 0 radical (unpaired) electrons. The topological polar surface area (TPSA) is 46.6 Å². The van der Waals surface area contributed by atoms with Gasteiger partial charge in [0.2, 0.25) is 5.91 Å². The summed E-state index contributed by atoms with van der Waals surface area (Å²) in [5, 5.41) is 0. The predicted molar refractivity (Wildman–Crippen MR) is 69.6 cm³/mol. The van der Waals surface area contributed by atoms with Crippen LogP contribution in [0.5, 0.6) is 0 Å². The van der Waals surface area contributed by atoms with Gasteiger partial charge in [0, 0.05) is 24.9 Å². The third kappa shape index (κ3) is 2.35. The van der Waals surface area contributed by atoms with Crippen molar-refractivity contribution in [2.45, 2.75) is 25.3 Å². The molecule has 0 aliphatic carbocycles. The van der Waals surface area contributed by atoms with E-state index in [1.807, 2.05) is 23.1 Å². The zero-order valence-corrected chi connectivity index (χ0v) is 10.7. The summed E-state index contributed by atoms with van der Waals surface area (Å²) in [6.07, 6.45) is 2.63. The molecule has 2 atom stereocenters. The predicted octanol–water partition coefficient (Wildman–Crippen LogP) is 1.85. The maximum Gasteiger partial charge on any atom is 0.338 e. The molecule has 0 unspecified atom stereocenters. The van der Waals surface area contributed by atoms with Gasteiger partial charge in [0.1, 0.15) is 0 Å². The van der Waals surface area contributed by atoms with Crippen LogP contribution >= 0.6 is 0 Å². The lowest BCUT2D eigenvalue weighted by Crippen LogP contribution is -2.30. The van der Waals surface area contributed by atoms with Crippen molar-refractivity contribution in [3.8, 4) is 0 Å². The Morgan fingerprint density at radius 3 is 2.89 bits per heavy atom. The molecule has 2 heterocycles. The minimum absolute atomic E-state index is 0.169. The van der Waals surface area contributed by atoms with Crippen molar-refractivity contribution in [3.63, 3.8) is 0 Å². The van der Waals surface area contributed by atoms with Gasteiger partial charge in [-0.05, 0) is 25.0 Å². The Morgan fingerprint density at radius 1 is 1.32 bits per heavy atom. The standard InChI is InChI=1S/C15H17NO3/c17-14-9-12(13-7-4-8-16(13)14)10-19-15(18)11-5-2-1-3-6-11/h1-3,5-6,12-13H,4,7-10H2/t12-,13+/m1/s1. The Bertz CT molecular complexity index is 485. The van der Waals surface area contributed by atoms with Crippen molar-refractivity contribution >= 4 is 11.9 Å². The van der Waals surface area contributed by atoms with Gasteiger partial charge in [0.25, 0.3) is 0 Å². The Labute approximate surface area is 112 Å². The largest absolute Gasteiger partial charge is 0.462 e. The molecule has 4 heteroatoms. The number of hydrogen-bond acceptors (Lipinski definition) is 3. The molecular formula is C15H17NO3. The van der Waals surface area contributed by atoms with E-state index in [-0.39, 0.29) is 23.8 Å². The van der Waals surface area contributed by atoms with Gasteiger partial charge in [-0.1, -0.05) is 18.2 Å². The number of carbonyl (C=O) groups is 2. The lowest BCUT2D eigenvalue weighted by Gasteiger charge is -2.19. The van der Waals surface area contributed by atoms with Crippen molar-refractivity contribution < 1.29 is 14.3 Å². The molecule has 100 valence electrons. The van der Waals surface area contributed by atoms with E-state index in [2.05, 4.69) is 0 Å². The van der Waals surface area contributed by atoms with E-state index in [0.29, 0.717) is 18.6 Å². The Morgan fingerprint density at radius 2 is 2.11 bits per heavy atom. The highest BCUT2D eigenvalue weighted by Crippen LogP contribution is 2.33. The van der Waals surface area contributed by atoms with Crippen LogP contribution in [-0.4, -0.2) is 36.0 Å². The van der Waals surface area contributed by atoms with Crippen molar-refractivity contribution in [2.24, 2.45) is 5.92 Å². The average Bonchev–Trinajstić information content (AvgIpc) is 3.02. The second-order valence-electron chi connectivity index (χ2n) is 5.23. The van der Waals surface area contributed by atoms with Crippen LogP contribution in [0.15, 0.2) is 30.3 Å². The molecule has 2 aliphatic rings. The third-order valence-corrected chi connectivity index (χ3v) is 4.04. The fourth-order valence-corrected chi connectivity index (χ4v) is 3.08. The summed E-state index contributed by atoms with van der Waals surface area (Å²) in [6, 6.07) is 9.26. The van der Waals surface area contributed by atoms with Crippen LogP contribution in [0.25, 0.3) is 0 Å². The quantitative estimate of drug-likeness (QED) is 0.778. The van der Waals surface area contributed by atoms with Crippen molar-refractivity contribution in [3.05, 3.63) is 35.9 Å². The molecule has 1 aromatic carbocycles. The van der Waals surface area contributed by atoms with Crippen LogP contribution in [0, 0.1) is 5.92 Å². The minimum atomic E-state index is -0.301. The molecule has 0 aromatic heterocycles. The van der Waals surface area contributed by atoms with Gasteiger partial charge in [0.05, 0.1) is 12.2 Å². The Hall–Kier alpha value is -1.84. The fraction of sp³-hybridized carbons (Fsp3) is 0.467. The molecule has 0 N–H and O–H groups in total. The first-order chi connectivity index (χ1) is 9.25. The molecule has 19 heavy (non-hydrogen) atoms. The number of hydrogen-bond donors (Lipinski definition) is 0. The maximum atomic E-state index is 11.9. The average molecular weight is 259 g/mol. The number of ether oxygens (including phenoxy) is 1. The van der Waals surface area contributed by atoms with Gasteiger partial charge in [-0.3, -0.25) is 4.79 Å². The SMILES string of the molecule is O=C(OC[C@H]1CC(=O)N2CCC[C@@H]12)c1ccccc1. The summed E-state index contributed by atoms with van der Waals surface area (Å²) in [7, 11) is 0. The van der Waals surface area contributed by atoms with E-state index in [4.69, 9.17) is 4.74 Å². The molecule has 2 fully saturated rings. The lowest BCUT2D eigenvalue weighted by atomic mass is 9.99. The van der Waals surface area contributed by atoms with E-state index in [1.165, 1.54) is 0 Å². The second kappa shape index (κ2) is 5.03. The van der Waals surface area contributed by atoms with Gasteiger partial charge in [-0.2, -0.15) is 0 Å². The Balaban J connectivity index is 1.58. The van der Waals surface area contributed by atoms with Crippen LogP contribution < -0.4 is 0 Å². The van der Waals surface area contributed by atoms with Crippen LogP contribution in [-0.2, 0) is 9.53 Å². The molecule has 2 saturated heterocycles. The minimum Gasteiger partial charge on any atom is -0.462 e. The number of benzene rings is 1. The van der Waals surface area contributed by atoms with Gasteiger partial charge in [-0.25, -0.2) is 4.79 Å². The molecular weight excluding hydrogens is 242 g/mol. The molecule has 4 nitrogen and oxygen atoms in total. The first-order valence-electron chi connectivity index (χ1n) is 6.77. The van der Waals surface area contributed by atoms with Crippen LogP contribution in [0.3, 0.4) is 0 Å². The summed E-state index contributed by atoms with van der Waals surface area (Å²) in [5.41, 5.74) is 0.565. The van der Waals surface area contributed by atoms with Gasteiger partial charge in [0.15, 0.2) is 0 Å². The molecule has 0 spiro atoms. The highest BCUT2D eigenvalue weighted by molar-refractivity contribution is 5.89. The Kier molecular flexibility index (Phi) is 3.23. The first-order valence-corrected chi connectivity index (χ1v) is 6.77. The third-order valence-electron chi connectivity index (χ3n) is 4.04. The molecule has 1 amide bonds. The van der Waals surface area contributed by atoms with Crippen molar-refractivity contribution in [1.82, 2.24) is 4.90 Å². The van der Waals surface area contributed by atoms with E-state index in [0.717, 1.165) is 19.4 Å². The maximum absolute atomic E-state index is 11.9. The van der Waals surface area contributed by atoms with E-state index in [1.54, 1.807) is 12.1 Å². The van der Waals surface area contributed by atoms with Gasteiger partial charge >= 0.3 is 5.97 Å². The van der Waals surface area contributed by atoms with E-state index in [9.17, 15) is 9.59 Å². The van der Waals surface area contributed by atoms with Crippen LogP contribution in [0.4, 0.5) is 0 Å². The highest BCUT2D eigenvalue weighted by atomic mass is 16.5. The second-order valence-corrected chi connectivity index (χ2v) is 5.23. The van der Waals surface area contributed by atoms with E-state index < -0.39 is 0 Å². The van der Waals surface area contributed by atoms with Crippen LogP contribution in [0.2, 0.25) is 0 Å². The molecule has 0 bridgehead atoms. The number of amides is 1. The summed E-state index contributed by atoms with van der Waals surface area (Å²) in [5.74, 6) is 0.0791. The number of esters is 1.